The predicted octanol–water partition coefficient (Wildman–Crippen LogP) is 2.27. The normalized spacial score (nSPS) is 14.8. The minimum atomic E-state index is -1.06. The molecule has 6 heteroatoms. The Hall–Kier alpha value is -1.30. The Kier molecular flexibility index (Phi) is 6.99. The summed E-state index contributed by atoms with van der Waals surface area (Å²) in [4.78, 5) is 23.3. The Morgan fingerprint density at radius 3 is 2.15 bits per heavy atom. The van der Waals surface area contributed by atoms with Crippen LogP contribution in [0.5, 0.6) is 0 Å². The molecule has 0 saturated carbocycles. The van der Waals surface area contributed by atoms with Crippen molar-refractivity contribution in [1.29, 1.82) is 0 Å². The molecule has 1 unspecified atom stereocenters. The van der Waals surface area contributed by atoms with Crippen LogP contribution < -0.4 is 5.32 Å². The zero-order valence-corrected chi connectivity index (χ0v) is 13.3. The highest BCUT2D eigenvalue weighted by molar-refractivity contribution is 5.76. The quantitative estimate of drug-likeness (QED) is 0.751. The zero-order chi connectivity index (χ0) is 16.0. The molecule has 0 rings (SSSR count). The van der Waals surface area contributed by atoms with E-state index in [2.05, 4.69) is 5.32 Å². The minimum Gasteiger partial charge on any atom is -0.481 e. The third kappa shape index (κ3) is 5.77. The molecule has 0 heterocycles. The molecule has 0 fully saturated rings. The highest BCUT2D eigenvalue weighted by Gasteiger charge is 2.42. The number of ether oxygens (including phenoxy) is 2. The highest BCUT2D eigenvalue weighted by Crippen LogP contribution is 2.31. The number of alkyl carbamates (subject to hydrolysis) is 1. The molecule has 0 aromatic rings. The molecular weight excluding hydrogens is 262 g/mol. The van der Waals surface area contributed by atoms with E-state index in [0.717, 1.165) is 0 Å². The van der Waals surface area contributed by atoms with Gasteiger partial charge in [0.1, 0.15) is 5.60 Å². The van der Waals surface area contributed by atoms with Crippen molar-refractivity contribution in [1.82, 2.24) is 5.32 Å². The first-order valence-corrected chi connectivity index (χ1v) is 6.74. The van der Waals surface area contributed by atoms with E-state index in [4.69, 9.17) is 9.47 Å². The van der Waals surface area contributed by atoms with Gasteiger partial charge in [-0.05, 0) is 33.1 Å². The third-order valence-electron chi connectivity index (χ3n) is 3.23. The van der Waals surface area contributed by atoms with E-state index in [0.29, 0.717) is 13.0 Å². The molecule has 0 aliphatic carbocycles. The summed E-state index contributed by atoms with van der Waals surface area (Å²) < 4.78 is 10.1. The Morgan fingerprint density at radius 2 is 1.80 bits per heavy atom. The largest absolute Gasteiger partial charge is 0.481 e. The third-order valence-corrected chi connectivity index (χ3v) is 3.23. The summed E-state index contributed by atoms with van der Waals surface area (Å²) in [5.41, 5.74) is -1.67. The fourth-order valence-corrected chi connectivity index (χ4v) is 1.84. The standard InChI is InChI=1S/C14H27NO5/c1-10(2)14(11(16)17,7-8-19-6)9-15-12(18)20-13(3,4)5/h10H,7-9H2,1-6H3,(H,15,18)(H,16,17). The van der Waals surface area contributed by atoms with Gasteiger partial charge in [0.05, 0.1) is 5.41 Å². The molecule has 0 spiro atoms. The molecule has 0 saturated heterocycles. The Bertz CT molecular complexity index is 335. The maximum Gasteiger partial charge on any atom is 0.407 e. The number of carbonyl (C=O) groups excluding carboxylic acids is 1. The topological polar surface area (TPSA) is 84.9 Å². The van der Waals surface area contributed by atoms with Crippen molar-refractivity contribution in [3.8, 4) is 0 Å². The molecule has 0 radical (unpaired) electrons. The molecule has 118 valence electrons. The van der Waals surface area contributed by atoms with Crippen LogP contribution in [0.4, 0.5) is 4.79 Å². The monoisotopic (exact) mass is 289 g/mol. The zero-order valence-electron chi connectivity index (χ0n) is 13.3. The first kappa shape index (κ1) is 18.7. The maximum atomic E-state index is 11.7. The van der Waals surface area contributed by atoms with Gasteiger partial charge < -0.3 is 19.9 Å². The number of carbonyl (C=O) groups is 2. The SMILES string of the molecule is COCCC(CNC(=O)OC(C)(C)C)(C(=O)O)C(C)C. The molecule has 0 aromatic heterocycles. The van der Waals surface area contributed by atoms with E-state index in [9.17, 15) is 14.7 Å². The summed E-state index contributed by atoms with van der Waals surface area (Å²) in [6.45, 7) is 9.24. The first-order chi connectivity index (χ1) is 9.05. The van der Waals surface area contributed by atoms with Crippen LogP contribution in [-0.4, -0.2) is 43.0 Å². The van der Waals surface area contributed by atoms with Gasteiger partial charge in [0.15, 0.2) is 0 Å². The van der Waals surface area contributed by atoms with Crippen molar-refractivity contribution < 1.29 is 24.2 Å². The average molecular weight is 289 g/mol. The number of hydrogen-bond donors (Lipinski definition) is 2. The van der Waals surface area contributed by atoms with Gasteiger partial charge in [-0.25, -0.2) is 4.79 Å². The van der Waals surface area contributed by atoms with Crippen molar-refractivity contribution >= 4 is 12.1 Å². The fraction of sp³-hybridized carbons (Fsp3) is 0.857. The Morgan fingerprint density at radius 1 is 1.25 bits per heavy atom. The summed E-state index contributed by atoms with van der Waals surface area (Å²) in [5.74, 6) is -1.09. The van der Waals surface area contributed by atoms with Gasteiger partial charge in [0.2, 0.25) is 0 Å². The lowest BCUT2D eigenvalue weighted by Crippen LogP contribution is -2.48. The van der Waals surface area contributed by atoms with E-state index in [1.54, 1.807) is 20.8 Å². The second-order valence-corrected chi connectivity index (χ2v) is 6.21. The number of carboxylic acid groups (broad SMARTS) is 1. The summed E-state index contributed by atoms with van der Waals surface area (Å²) in [5, 5.41) is 12.1. The summed E-state index contributed by atoms with van der Waals surface area (Å²) in [6.07, 6.45) is -0.284. The van der Waals surface area contributed by atoms with Crippen molar-refractivity contribution in [3.05, 3.63) is 0 Å². The summed E-state index contributed by atoms with van der Waals surface area (Å²) in [7, 11) is 1.52. The molecule has 0 aromatic carbocycles. The Labute approximate surface area is 120 Å². The molecule has 0 aliphatic rings. The van der Waals surface area contributed by atoms with Crippen molar-refractivity contribution in [2.45, 2.75) is 46.6 Å². The molecule has 6 nitrogen and oxygen atoms in total. The second kappa shape index (κ2) is 7.47. The Balaban J connectivity index is 4.81. The van der Waals surface area contributed by atoms with E-state index < -0.39 is 23.1 Å². The van der Waals surface area contributed by atoms with Crippen molar-refractivity contribution in [3.63, 3.8) is 0 Å². The van der Waals surface area contributed by atoms with Gasteiger partial charge in [0, 0.05) is 20.3 Å². The van der Waals surface area contributed by atoms with Gasteiger partial charge in [-0.15, -0.1) is 0 Å². The number of carboxylic acids is 1. The van der Waals surface area contributed by atoms with E-state index in [1.807, 2.05) is 13.8 Å². The lowest BCUT2D eigenvalue weighted by Gasteiger charge is -2.33. The van der Waals surface area contributed by atoms with Crippen LogP contribution in [0.1, 0.15) is 41.0 Å². The molecule has 2 N–H and O–H groups in total. The van der Waals surface area contributed by atoms with Crippen molar-refractivity contribution in [2.24, 2.45) is 11.3 Å². The van der Waals surface area contributed by atoms with Crippen LogP contribution in [0, 0.1) is 11.3 Å². The molecular formula is C14H27NO5. The number of aliphatic carboxylic acids is 1. The van der Waals surface area contributed by atoms with Gasteiger partial charge in [-0.2, -0.15) is 0 Å². The number of amides is 1. The second-order valence-electron chi connectivity index (χ2n) is 6.21. The van der Waals surface area contributed by atoms with E-state index >= 15 is 0 Å². The molecule has 0 aliphatic heterocycles. The van der Waals surface area contributed by atoms with Crippen molar-refractivity contribution in [2.75, 3.05) is 20.3 Å². The lowest BCUT2D eigenvalue weighted by atomic mass is 9.74. The number of nitrogens with one attached hydrogen (secondary N) is 1. The van der Waals surface area contributed by atoms with Crippen LogP contribution in [0.15, 0.2) is 0 Å². The highest BCUT2D eigenvalue weighted by atomic mass is 16.6. The molecule has 0 bridgehead atoms. The van der Waals surface area contributed by atoms with E-state index in [1.165, 1.54) is 7.11 Å². The number of methoxy groups -OCH3 is 1. The molecule has 20 heavy (non-hydrogen) atoms. The van der Waals surface area contributed by atoms with Crippen LogP contribution in [-0.2, 0) is 14.3 Å². The number of rotatable bonds is 7. The number of hydrogen-bond acceptors (Lipinski definition) is 4. The van der Waals surface area contributed by atoms with Crippen LogP contribution >= 0.6 is 0 Å². The van der Waals surface area contributed by atoms with E-state index in [-0.39, 0.29) is 12.5 Å². The summed E-state index contributed by atoms with van der Waals surface area (Å²) >= 11 is 0. The lowest BCUT2D eigenvalue weighted by molar-refractivity contribution is -0.153. The smallest absolute Gasteiger partial charge is 0.407 e. The van der Waals surface area contributed by atoms with Crippen LogP contribution in [0.2, 0.25) is 0 Å². The maximum absolute atomic E-state index is 11.7. The van der Waals surface area contributed by atoms with Gasteiger partial charge in [-0.1, -0.05) is 13.8 Å². The average Bonchev–Trinajstić information content (AvgIpc) is 2.26. The van der Waals surface area contributed by atoms with Gasteiger partial charge >= 0.3 is 12.1 Å². The fourth-order valence-electron chi connectivity index (χ4n) is 1.84. The summed E-state index contributed by atoms with van der Waals surface area (Å²) in [6, 6.07) is 0. The van der Waals surface area contributed by atoms with Gasteiger partial charge in [-0.3, -0.25) is 4.79 Å². The van der Waals surface area contributed by atoms with Crippen LogP contribution in [0.3, 0.4) is 0 Å². The van der Waals surface area contributed by atoms with Crippen LogP contribution in [0.25, 0.3) is 0 Å². The first-order valence-electron chi connectivity index (χ1n) is 6.74. The van der Waals surface area contributed by atoms with Gasteiger partial charge in [0.25, 0.3) is 0 Å². The minimum absolute atomic E-state index is 0.0122. The molecule has 1 atom stereocenters. The predicted molar refractivity (Wildman–Crippen MR) is 75.6 cm³/mol. The molecule has 1 amide bonds.